The van der Waals surface area contributed by atoms with Crippen LogP contribution in [0.2, 0.25) is 0 Å². The molecule has 1 fully saturated rings. The maximum Gasteiger partial charge on any atom is 0.122 e. The van der Waals surface area contributed by atoms with Crippen molar-refractivity contribution in [1.82, 2.24) is 0 Å². The van der Waals surface area contributed by atoms with Crippen molar-refractivity contribution in [2.24, 2.45) is 11.7 Å². The Bertz CT molecular complexity index is 550. The zero-order valence-corrected chi connectivity index (χ0v) is 10.0. The normalized spacial score (nSPS) is 22.7. The van der Waals surface area contributed by atoms with Gasteiger partial charge >= 0.3 is 0 Å². The molecule has 17 heavy (non-hydrogen) atoms. The topological polar surface area (TPSA) is 35.2 Å². The molecule has 2 unspecified atom stereocenters. The summed E-state index contributed by atoms with van der Waals surface area (Å²) in [5.41, 5.74) is 7.10. The number of hydrogen-bond donors (Lipinski definition) is 1. The minimum Gasteiger partial charge on any atom is -0.496 e. The molecule has 2 atom stereocenters. The van der Waals surface area contributed by atoms with Gasteiger partial charge in [-0.05, 0) is 41.6 Å². The van der Waals surface area contributed by atoms with E-state index in [9.17, 15) is 0 Å². The first-order chi connectivity index (χ1) is 8.35. The maximum absolute atomic E-state index is 5.76. The van der Waals surface area contributed by atoms with Gasteiger partial charge in [-0.15, -0.1) is 0 Å². The van der Waals surface area contributed by atoms with E-state index in [1.807, 2.05) is 0 Å². The molecule has 2 heteroatoms. The molecule has 0 heterocycles. The smallest absolute Gasteiger partial charge is 0.122 e. The van der Waals surface area contributed by atoms with E-state index >= 15 is 0 Å². The largest absolute Gasteiger partial charge is 0.496 e. The molecule has 0 aliphatic heterocycles. The first kappa shape index (κ1) is 10.6. The maximum atomic E-state index is 5.76. The van der Waals surface area contributed by atoms with E-state index < -0.39 is 0 Å². The van der Waals surface area contributed by atoms with Crippen LogP contribution < -0.4 is 10.5 Å². The minimum absolute atomic E-state index is 0.584. The fourth-order valence-electron chi connectivity index (χ4n) is 2.70. The first-order valence-electron chi connectivity index (χ1n) is 6.11. The van der Waals surface area contributed by atoms with Gasteiger partial charge in [0.15, 0.2) is 0 Å². The zero-order valence-electron chi connectivity index (χ0n) is 10.0. The van der Waals surface area contributed by atoms with Crippen LogP contribution in [0.3, 0.4) is 0 Å². The van der Waals surface area contributed by atoms with E-state index in [2.05, 4.69) is 36.4 Å². The summed E-state index contributed by atoms with van der Waals surface area (Å²) < 4.78 is 5.51. The average molecular weight is 227 g/mol. The van der Waals surface area contributed by atoms with Crippen molar-refractivity contribution in [3.8, 4) is 5.75 Å². The Morgan fingerprint density at radius 2 is 2.06 bits per heavy atom. The van der Waals surface area contributed by atoms with Crippen molar-refractivity contribution >= 4 is 10.8 Å². The lowest BCUT2D eigenvalue weighted by Gasteiger charge is -2.11. The molecule has 88 valence electrons. The molecule has 2 N–H and O–H groups in total. The molecule has 3 rings (SSSR count). The molecule has 0 bridgehead atoms. The number of ether oxygens (including phenoxy) is 1. The SMILES string of the molecule is COc1ccc2ccccc2c1C1CC1CN. The van der Waals surface area contributed by atoms with Crippen molar-refractivity contribution in [1.29, 1.82) is 0 Å². The third kappa shape index (κ3) is 1.69. The quantitative estimate of drug-likeness (QED) is 0.875. The van der Waals surface area contributed by atoms with E-state index in [1.54, 1.807) is 7.11 Å². The van der Waals surface area contributed by atoms with Gasteiger partial charge in [-0.25, -0.2) is 0 Å². The molecule has 0 aromatic heterocycles. The van der Waals surface area contributed by atoms with Crippen LogP contribution in [0.15, 0.2) is 36.4 Å². The lowest BCUT2D eigenvalue weighted by atomic mass is 9.99. The molecule has 0 radical (unpaired) electrons. The Balaban J connectivity index is 2.18. The highest BCUT2D eigenvalue weighted by Crippen LogP contribution is 2.51. The highest BCUT2D eigenvalue weighted by molar-refractivity contribution is 5.88. The Hall–Kier alpha value is -1.54. The van der Waals surface area contributed by atoms with Gasteiger partial charge in [-0.1, -0.05) is 30.3 Å². The van der Waals surface area contributed by atoms with E-state index in [-0.39, 0.29) is 0 Å². The fraction of sp³-hybridized carbons (Fsp3) is 0.333. The second-order valence-corrected chi connectivity index (χ2v) is 4.74. The van der Waals surface area contributed by atoms with Gasteiger partial charge in [-0.3, -0.25) is 0 Å². The van der Waals surface area contributed by atoms with Gasteiger partial charge in [0, 0.05) is 5.56 Å². The molecule has 1 aliphatic rings. The van der Waals surface area contributed by atoms with Crippen LogP contribution in [-0.4, -0.2) is 13.7 Å². The molecule has 0 saturated heterocycles. The monoisotopic (exact) mass is 227 g/mol. The summed E-state index contributed by atoms with van der Waals surface area (Å²) in [5.74, 6) is 2.22. The zero-order chi connectivity index (χ0) is 11.8. The molecular formula is C15H17NO. The first-order valence-corrected chi connectivity index (χ1v) is 6.11. The summed E-state index contributed by atoms with van der Waals surface area (Å²) in [4.78, 5) is 0. The van der Waals surface area contributed by atoms with Crippen LogP contribution in [0.1, 0.15) is 17.9 Å². The summed E-state index contributed by atoms with van der Waals surface area (Å²) in [6, 6.07) is 12.7. The average Bonchev–Trinajstić information content (AvgIpc) is 3.16. The summed E-state index contributed by atoms with van der Waals surface area (Å²) in [6.45, 7) is 0.775. The highest BCUT2D eigenvalue weighted by atomic mass is 16.5. The Morgan fingerprint density at radius 1 is 1.24 bits per heavy atom. The van der Waals surface area contributed by atoms with Gasteiger partial charge in [0.2, 0.25) is 0 Å². The third-order valence-electron chi connectivity index (χ3n) is 3.75. The summed E-state index contributed by atoms with van der Waals surface area (Å²) >= 11 is 0. The molecule has 2 aromatic carbocycles. The molecule has 1 saturated carbocycles. The molecular weight excluding hydrogens is 210 g/mol. The number of hydrogen-bond acceptors (Lipinski definition) is 2. The van der Waals surface area contributed by atoms with Crippen molar-refractivity contribution in [2.75, 3.05) is 13.7 Å². The van der Waals surface area contributed by atoms with Gasteiger partial charge in [0.1, 0.15) is 5.75 Å². The van der Waals surface area contributed by atoms with Gasteiger partial charge in [-0.2, -0.15) is 0 Å². The van der Waals surface area contributed by atoms with E-state index in [4.69, 9.17) is 10.5 Å². The van der Waals surface area contributed by atoms with Crippen LogP contribution in [0.25, 0.3) is 10.8 Å². The Morgan fingerprint density at radius 3 is 2.76 bits per heavy atom. The third-order valence-corrected chi connectivity index (χ3v) is 3.75. The molecule has 0 amide bonds. The highest BCUT2D eigenvalue weighted by Gasteiger charge is 2.39. The van der Waals surface area contributed by atoms with E-state index in [0.717, 1.165) is 12.3 Å². The second kappa shape index (κ2) is 4.04. The second-order valence-electron chi connectivity index (χ2n) is 4.74. The van der Waals surface area contributed by atoms with Gasteiger partial charge < -0.3 is 10.5 Å². The number of nitrogens with two attached hydrogens (primary N) is 1. The Kier molecular flexibility index (Phi) is 2.52. The van der Waals surface area contributed by atoms with Crippen molar-refractivity contribution in [3.05, 3.63) is 42.0 Å². The fourth-order valence-corrected chi connectivity index (χ4v) is 2.70. The van der Waals surface area contributed by atoms with Crippen LogP contribution in [0.5, 0.6) is 5.75 Å². The van der Waals surface area contributed by atoms with Crippen molar-refractivity contribution in [2.45, 2.75) is 12.3 Å². The number of benzene rings is 2. The predicted molar refractivity (Wildman–Crippen MR) is 70.4 cm³/mol. The summed E-state index contributed by atoms with van der Waals surface area (Å²) in [7, 11) is 1.74. The van der Waals surface area contributed by atoms with Crippen LogP contribution in [0.4, 0.5) is 0 Å². The minimum atomic E-state index is 0.584. The van der Waals surface area contributed by atoms with Crippen molar-refractivity contribution in [3.63, 3.8) is 0 Å². The van der Waals surface area contributed by atoms with Gasteiger partial charge in [0.05, 0.1) is 7.11 Å². The van der Waals surface area contributed by atoms with E-state index in [0.29, 0.717) is 11.8 Å². The van der Waals surface area contributed by atoms with Crippen LogP contribution >= 0.6 is 0 Å². The molecule has 2 aromatic rings. The summed E-state index contributed by atoms with van der Waals surface area (Å²) in [5, 5.41) is 2.60. The number of methoxy groups -OCH3 is 1. The van der Waals surface area contributed by atoms with Crippen molar-refractivity contribution < 1.29 is 4.74 Å². The lowest BCUT2D eigenvalue weighted by molar-refractivity contribution is 0.410. The van der Waals surface area contributed by atoms with Crippen LogP contribution in [0, 0.1) is 5.92 Å². The number of fused-ring (bicyclic) bond motifs is 1. The lowest BCUT2D eigenvalue weighted by Crippen LogP contribution is -2.03. The summed E-state index contributed by atoms with van der Waals surface area (Å²) in [6.07, 6.45) is 1.20. The van der Waals surface area contributed by atoms with E-state index in [1.165, 1.54) is 22.8 Å². The standard InChI is InChI=1S/C15H17NO/c1-17-14-7-6-10-4-2-3-5-12(10)15(14)13-8-11(13)9-16/h2-7,11,13H,8-9,16H2,1H3. The molecule has 0 spiro atoms. The molecule has 1 aliphatic carbocycles. The molecule has 2 nitrogen and oxygen atoms in total. The van der Waals surface area contributed by atoms with Crippen LogP contribution in [-0.2, 0) is 0 Å². The predicted octanol–water partition coefficient (Wildman–Crippen LogP) is 2.91. The number of rotatable bonds is 3. The Labute approximate surface area is 101 Å². The van der Waals surface area contributed by atoms with Gasteiger partial charge in [0.25, 0.3) is 0 Å².